The fourth-order valence-corrected chi connectivity index (χ4v) is 3.66. The van der Waals surface area contributed by atoms with E-state index in [1.807, 2.05) is 0 Å². The minimum Gasteiger partial charge on any atom is -0.480 e. The van der Waals surface area contributed by atoms with E-state index in [0.29, 0.717) is 19.4 Å². The molecule has 0 aliphatic heterocycles. The van der Waals surface area contributed by atoms with Gasteiger partial charge in [-0.1, -0.05) is 103 Å². The molecule has 2 atom stereocenters. The van der Waals surface area contributed by atoms with Gasteiger partial charge in [0.1, 0.15) is 12.1 Å². The van der Waals surface area contributed by atoms with Gasteiger partial charge in [-0.25, -0.2) is 0 Å². The third-order valence-electron chi connectivity index (χ3n) is 6.04. The number of hydrogen-bond acceptors (Lipinski definition) is 5. The van der Waals surface area contributed by atoms with E-state index in [2.05, 4.69) is 12.2 Å². The van der Waals surface area contributed by atoms with Crippen molar-refractivity contribution in [2.75, 3.05) is 6.54 Å². The third-order valence-corrected chi connectivity index (χ3v) is 6.04. The number of carbonyl (C=O) groups is 3. The SMILES string of the molecule is CCCCCCCCCCCCCCCCCC(=O)NC(C)C(=O)O.NCCCC[C@H](N)C(=O)O. The Morgan fingerprint density at radius 1 is 0.686 bits per heavy atom. The average molecular weight is 502 g/mol. The van der Waals surface area contributed by atoms with Crippen molar-refractivity contribution in [3.05, 3.63) is 0 Å². The highest BCUT2D eigenvalue weighted by molar-refractivity contribution is 5.83. The van der Waals surface area contributed by atoms with E-state index in [1.54, 1.807) is 0 Å². The number of unbranched alkanes of at least 4 members (excludes halogenated alkanes) is 15. The molecular formula is C27H55N3O5. The van der Waals surface area contributed by atoms with E-state index >= 15 is 0 Å². The molecule has 0 aromatic carbocycles. The van der Waals surface area contributed by atoms with Crippen LogP contribution in [0.1, 0.15) is 136 Å². The van der Waals surface area contributed by atoms with E-state index in [-0.39, 0.29) is 5.91 Å². The summed E-state index contributed by atoms with van der Waals surface area (Å²) in [7, 11) is 0. The van der Waals surface area contributed by atoms with E-state index in [1.165, 1.54) is 90.4 Å². The second-order valence-electron chi connectivity index (χ2n) is 9.56. The molecule has 1 unspecified atom stereocenters. The van der Waals surface area contributed by atoms with Crippen molar-refractivity contribution in [1.82, 2.24) is 5.32 Å². The highest BCUT2D eigenvalue weighted by atomic mass is 16.4. The van der Waals surface area contributed by atoms with Crippen LogP contribution in [0, 0.1) is 0 Å². The maximum Gasteiger partial charge on any atom is 0.325 e. The summed E-state index contributed by atoms with van der Waals surface area (Å²) in [5.41, 5.74) is 10.4. The number of nitrogens with one attached hydrogen (secondary N) is 1. The zero-order chi connectivity index (χ0) is 26.7. The Morgan fingerprint density at radius 3 is 1.49 bits per heavy atom. The smallest absolute Gasteiger partial charge is 0.325 e. The fraction of sp³-hybridized carbons (Fsp3) is 0.889. The summed E-state index contributed by atoms with van der Waals surface area (Å²) in [6.07, 6.45) is 22.1. The molecule has 0 spiro atoms. The van der Waals surface area contributed by atoms with Gasteiger partial charge in [-0.05, 0) is 32.7 Å². The van der Waals surface area contributed by atoms with Crippen LogP contribution in [0.25, 0.3) is 0 Å². The van der Waals surface area contributed by atoms with Crippen LogP contribution in [0.15, 0.2) is 0 Å². The van der Waals surface area contributed by atoms with Gasteiger partial charge in [-0.3, -0.25) is 14.4 Å². The molecule has 0 aliphatic rings. The van der Waals surface area contributed by atoms with E-state index < -0.39 is 24.0 Å². The normalized spacial score (nSPS) is 12.3. The van der Waals surface area contributed by atoms with E-state index in [4.69, 9.17) is 21.7 Å². The van der Waals surface area contributed by atoms with E-state index in [0.717, 1.165) is 25.7 Å². The number of rotatable bonds is 23. The molecule has 1 amide bonds. The molecule has 35 heavy (non-hydrogen) atoms. The molecule has 0 rings (SSSR count). The molecule has 0 saturated heterocycles. The van der Waals surface area contributed by atoms with Crippen molar-refractivity contribution in [2.24, 2.45) is 11.5 Å². The van der Waals surface area contributed by atoms with Gasteiger partial charge in [-0.15, -0.1) is 0 Å². The monoisotopic (exact) mass is 501 g/mol. The van der Waals surface area contributed by atoms with Crippen LogP contribution < -0.4 is 16.8 Å². The van der Waals surface area contributed by atoms with Crippen LogP contribution >= 0.6 is 0 Å². The third kappa shape index (κ3) is 28.5. The summed E-state index contributed by atoms with van der Waals surface area (Å²) in [6.45, 7) is 4.36. The predicted molar refractivity (Wildman–Crippen MR) is 143 cm³/mol. The molecule has 8 nitrogen and oxygen atoms in total. The molecule has 0 heterocycles. The second kappa shape index (κ2) is 26.9. The average Bonchev–Trinajstić information content (AvgIpc) is 2.81. The summed E-state index contributed by atoms with van der Waals surface area (Å²) >= 11 is 0. The molecule has 0 aromatic heterocycles. The lowest BCUT2D eigenvalue weighted by Crippen LogP contribution is -2.38. The van der Waals surface area contributed by atoms with Crippen LogP contribution in [0.5, 0.6) is 0 Å². The number of carbonyl (C=O) groups excluding carboxylic acids is 1. The number of aliphatic carboxylic acids is 2. The van der Waals surface area contributed by atoms with Crippen LogP contribution in [0.4, 0.5) is 0 Å². The molecule has 208 valence electrons. The zero-order valence-corrected chi connectivity index (χ0v) is 22.6. The molecule has 0 saturated carbocycles. The van der Waals surface area contributed by atoms with Gasteiger partial charge in [-0.2, -0.15) is 0 Å². The Morgan fingerprint density at radius 2 is 1.11 bits per heavy atom. The lowest BCUT2D eigenvalue weighted by molar-refractivity contribution is -0.141. The van der Waals surface area contributed by atoms with Crippen molar-refractivity contribution >= 4 is 17.8 Å². The van der Waals surface area contributed by atoms with Crippen LogP contribution in [-0.4, -0.2) is 46.7 Å². The van der Waals surface area contributed by atoms with Crippen LogP contribution in [0.3, 0.4) is 0 Å². The van der Waals surface area contributed by atoms with Gasteiger partial charge >= 0.3 is 11.9 Å². The Kier molecular flexibility index (Phi) is 27.3. The zero-order valence-electron chi connectivity index (χ0n) is 22.6. The lowest BCUT2D eigenvalue weighted by atomic mass is 10.0. The van der Waals surface area contributed by atoms with Gasteiger partial charge < -0.3 is 27.0 Å². The summed E-state index contributed by atoms with van der Waals surface area (Å²) in [5.74, 6) is -2.06. The Bertz CT molecular complexity index is 517. The molecule has 0 radical (unpaired) electrons. The minimum atomic E-state index is -0.982. The van der Waals surface area contributed by atoms with Gasteiger partial charge in [0.15, 0.2) is 0 Å². The first-order valence-electron chi connectivity index (χ1n) is 14.0. The first kappa shape index (κ1) is 35.5. The summed E-state index contributed by atoms with van der Waals surface area (Å²) < 4.78 is 0. The maximum absolute atomic E-state index is 11.5. The van der Waals surface area contributed by atoms with Crippen molar-refractivity contribution in [1.29, 1.82) is 0 Å². The van der Waals surface area contributed by atoms with Gasteiger partial charge in [0.25, 0.3) is 0 Å². The molecule has 7 N–H and O–H groups in total. The fourth-order valence-electron chi connectivity index (χ4n) is 3.66. The molecule has 0 bridgehead atoms. The van der Waals surface area contributed by atoms with Crippen molar-refractivity contribution < 1.29 is 24.6 Å². The Hall–Kier alpha value is -1.67. The maximum atomic E-state index is 11.5. The number of hydrogen-bond donors (Lipinski definition) is 5. The van der Waals surface area contributed by atoms with Crippen molar-refractivity contribution in [2.45, 2.75) is 148 Å². The molecule has 8 heteroatoms. The van der Waals surface area contributed by atoms with Crippen molar-refractivity contribution in [3.8, 4) is 0 Å². The van der Waals surface area contributed by atoms with E-state index in [9.17, 15) is 14.4 Å². The topological polar surface area (TPSA) is 156 Å². The predicted octanol–water partition coefficient (Wildman–Crippen LogP) is 5.36. The molecule has 0 fully saturated rings. The number of carboxylic acid groups (broad SMARTS) is 2. The Balaban J connectivity index is 0. The largest absolute Gasteiger partial charge is 0.480 e. The summed E-state index contributed by atoms with van der Waals surface area (Å²) in [5, 5.41) is 19.5. The number of carboxylic acids is 2. The first-order valence-corrected chi connectivity index (χ1v) is 14.0. The second-order valence-corrected chi connectivity index (χ2v) is 9.56. The first-order chi connectivity index (χ1) is 16.8. The van der Waals surface area contributed by atoms with Crippen LogP contribution in [-0.2, 0) is 14.4 Å². The highest BCUT2D eigenvalue weighted by Gasteiger charge is 2.13. The Labute approximate surface area is 214 Å². The molecular weight excluding hydrogens is 446 g/mol. The van der Waals surface area contributed by atoms with Gasteiger partial charge in [0.2, 0.25) is 5.91 Å². The standard InChI is InChI=1S/C21H41NO3.C6H14N2O2/c1-3-4-5-6-7-8-9-10-11-12-13-14-15-16-17-18-20(23)22-19(2)21(24)25;7-4-2-1-3-5(8)6(9)10/h19H,3-18H2,1-2H3,(H,22,23)(H,24,25);5H,1-4,7-8H2,(H,9,10)/t;5-/m.0/s1. The summed E-state index contributed by atoms with van der Waals surface area (Å²) in [4.78, 5) is 32.3. The highest BCUT2D eigenvalue weighted by Crippen LogP contribution is 2.13. The van der Waals surface area contributed by atoms with Gasteiger partial charge in [0, 0.05) is 6.42 Å². The van der Waals surface area contributed by atoms with Crippen LogP contribution in [0.2, 0.25) is 0 Å². The number of nitrogens with two attached hydrogens (primary N) is 2. The molecule has 0 aliphatic carbocycles. The summed E-state index contributed by atoms with van der Waals surface area (Å²) in [6, 6.07) is -1.50. The lowest BCUT2D eigenvalue weighted by Gasteiger charge is -2.08. The van der Waals surface area contributed by atoms with Crippen molar-refractivity contribution in [3.63, 3.8) is 0 Å². The number of amides is 1. The minimum absolute atomic E-state index is 0.149. The molecule has 0 aromatic rings. The quantitative estimate of drug-likeness (QED) is 0.118. The van der Waals surface area contributed by atoms with Gasteiger partial charge in [0.05, 0.1) is 0 Å².